The normalized spacial score (nSPS) is 10.3. The molecule has 20 heavy (non-hydrogen) atoms. The molecule has 0 saturated heterocycles. The second-order valence-corrected chi connectivity index (χ2v) is 4.23. The second-order valence-electron chi connectivity index (χ2n) is 4.23. The first-order chi connectivity index (χ1) is 9.67. The van der Waals surface area contributed by atoms with E-state index in [0.29, 0.717) is 11.6 Å². The van der Waals surface area contributed by atoms with Crippen LogP contribution in [0.3, 0.4) is 0 Å². The number of rotatable bonds is 6. The molecular formula is C14H16FN3O2. The smallest absolute Gasteiger partial charge is 0.229 e. The number of halogens is 1. The Kier molecular flexibility index (Phi) is 4.70. The number of nitrogens with zero attached hydrogens (tertiary/aromatic N) is 1. The van der Waals surface area contributed by atoms with Crippen LogP contribution in [0, 0.1) is 5.82 Å². The highest BCUT2D eigenvalue weighted by atomic mass is 19.1. The van der Waals surface area contributed by atoms with E-state index >= 15 is 0 Å². The van der Waals surface area contributed by atoms with Crippen molar-refractivity contribution in [3.63, 3.8) is 0 Å². The molecule has 1 amide bonds. The van der Waals surface area contributed by atoms with E-state index in [-0.39, 0.29) is 24.8 Å². The van der Waals surface area contributed by atoms with Gasteiger partial charge in [0.25, 0.3) is 0 Å². The largest absolute Gasteiger partial charge is 0.493 e. The molecular weight excluding hydrogens is 261 g/mol. The Morgan fingerprint density at radius 1 is 1.40 bits per heavy atom. The molecule has 0 bridgehead atoms. The molecule has 0 aliphatic rings. The summed E-state index contributed by atoms with van der Waals surface area (Å²) in [5.41, 5.74) is 0.961. The fourth-order valence-corrected chi connectivity index (χ4v) is 1.60. The van der Waals surface area contributed by atoms with Gasteiger partial charge in [-0.2, -0.15) is 5.10 Å². The molecule has 5 nitrogen and oxygen atoms in total. The Morgan fingerprint density at radius 3 is 2.80 bits per heavy atom. The number of aromatic amines is 1. The van der Waals surface area contributed by atoms with Crippen LogP contribution in [0.25, 0.3) is 0 Å². The summed E-state index contributed by atoms with van der Waals surface area (Å²) in [5, 5.41) is 9.45. The molecule has 6 heteroatoms. The van der Waals surface area contributed by atoms with Gasteiger partial charge in [0.05, 0.1) is 13.0 Å². The molecule has 0 aliphatic carbocycles. The van der Waals surface area contributed by atoms with E-state index < -0.39 is 0 Å². The summed E-state index contributed by atoms with van der Waals surface area (Å²) in [6, 6.07) is 7.46. The molecule has 0 radical (unpaired) electrons. The lowest BCUT2D eigenvalue weighted by Gasteiger charge is -2.05. The molecule has 0 atom stereocenters. The van der Waals surface area contributed by atoms with Crippen molar-refractivity contribution in [2.75, 3.05) is 11.9 Å². The molecule has 106 valence electrons. The molecule has 2 rings (SSSR count). The molecule has 1 aromatic carbocycles. The zero-order chi connectivity index (χ0) is 14.4. The highest BCUT2D eigenvalue weighted by Crippen LogP contribution is 2.11. The Hall–Kier alpha value is -2.37. The van der Waals surface area contributed by atoms with Gasteiger partial charge in [-0.1, -0.05) is 6.92 Å². The minimum Gasteiger partial charge on any atom is -0.493 e. The summed E-state index contributed by atoms with van der Waals surface area (Å²) in [6.45, 7) is 2.22. The van der Waals surface area contributed by atoms with Gasteiger partial charge in [0, 0.05) is 11.8 Å². The third-order valence-corrected chi connectivity index (χ3v) is 2.69. The van der Waals surface area contributed by atoms with E-state index in [1.807, 2.05) is 6.92 Å². The third-order valence-electron chi connectivity index (χ3n) is 2.69. The number of carbonyl (C=O) groups is 1. The zero-order valence-electron chi connectivity index (χ0n) is 11.1. The predicted molar refractivity (Wildman–Crippen MR) is 73.1 cm³/mol. The number of H-pyrrole nitrogens is 1. The summed E-state index contributed by atoms with van der Waals surface area (Å²) in [5.74, 6) is 0.544. The van der Waals surface area contributed by atoms with Crippen LogP contribution in [0.1, 0.15) is 19.0 Å². The maximum absolute atomic E-state index is 12.7. The van der Waals surface area contributed by atoms with Gasteiger partial charge in [0.15, 0.2) is 5.82 Å². The van der Waals surface area contributed by atoms with Crippen LogP contribution in [-0.2, 0) is 11.2 Å². The van der Waals surface area contributed by atoms with Crippen molar-refractivity contribution in [3.8, 4) is 5.75 Å². The van der Waals surface area contributed by atoms with Crippen molar-refractivity contribution < 1.29 is 13.9 Å². The molecule has 1 heterocycles. The van der Waals surface area contributed by atoms with E-state index in [1.165, 1.54) is 24.3 Å². The zero-order valence-corrected chi connectivity index (χ0v) is 11.1. The van der Waals surface area contributed by atoms with Crippen LogP contribution < -0.4 is 10.1 Å². The molecule has 0 fully saturated rings. The van der Waals surface area contributed by atoms with Crippen LogP contribution in [-0.4, -0.2) is 22.7 Å². The number of aryl methyl sites for hydroxylation is 1. The first-order valence-corrected chi connectivity index (χ1v) is 6.40. The number of ether oxygens (including phenoxy) is 1. The monoisotopic (exact) mass is 277 g/mol. The van der Waals surface area contributed by atoms with Crippen molar-refractivity contribution in [2.24, 2.45) is 0 Å². The van der Waals surface area contributed by atoms with E-state index in [1.54, 1.807) is 6.07 Å². The van der Waals surface area contributed by atoms with Gasteiger partial charge in [-0.25, -0.2) is 4.39 Å². The Morgan fingerprint density at radius 2 is 2.15 bits per heavy atom. The fourth-order valence-electron chi connectivity index (χ4n) is 1.60. The number of carbonyl (C=O) groups excluding carboxylic acids is 1. The van der Waals surface area contributed by atoms with Crippen molar-refractivity contribution in [1.82, 2.24) is 10.2 Å². The molecule has 2 aromatic rings. The summed E-state index contributed by atoms with van der Waals surface area (Å²) in [6.07, 6.45) is 1.03. The average Bonchev–Trinajstić information content (AvgIpc) is 2.88. The first-order valence-electron chi connectivity index (χ1n) is 6.40. The summed E-state index contributed by atoms with van der Waals surface area (Å²) >= 11 is 0. The quantitative estimate of drug-likeness (QED) is 0.852. The lowest BCUT2D eigenvalue weighted by Crippen LogP contribution is -2.15. The molecule has 1 aromatic heterocycles. The third kappa shape index (κ3) is 4.08. The maximum atomic E-state index is 12.7. The number of hydrogen-bond donors (Lipinski definition) is 2. The standard InChI is InChI=1S/C14H16FN3O2/c1-2-11-9-13(18-17-11)16-14(19)7-8-20-12-5-3-10(15)4-6-12/h3-6,9H,2,7-8H2,1H3,(H2,16,17,18,19). The molecule has 0 saturated carbocycles. The molecule has 0 unspecified atom stereocenters. The number of amides is 1. The van der Waals surface area contributed by atoms with Crippen LogP contribution in [0.15, 0.2) is 30.3 Å². The first kappa shape index (κ1) is 14.0. The van der Waals surface area contributed by atoms with Gasteiger partial charge in [0.2, 0.25) is 5.91 Å². The van der Waals surface area contributed by atoms with Crippen molar-refractivity contribution >= 4 is 11.7 Å². The van der Waals surface area contributed by atoms with Crippen molar-refractivity contribution in [3.05, 3.63) is 41.8 Å². The van der Waals surface area contributed by atoms with Crippen LogP contribution >= 0.6 is 0 Å². The topological polar surface area (TPSA) is 67.0 Å². The van der Waals surface area contributed by atoms with E-state index in [2.05, 4.69) is 15.5 Å². The van der Waals surface area contributed by atoms with Gasteiger partial charge >= 0.3 is 0 Å². The summed E-state index contributed by atoms with van der Waals surface area (Å²) in [7, 11) is 0. The Bertz CT molecular complexity index is 566. The lowest BCUT2D eigenvalue weighted by atomic mass is 10.3. The van der Waals surface area contributed by atoms with E-state index in [4.69, 9.17) is 4.74 Å². The van der Waals surface area contributed by atoms with Gasteiger partial charge in [-0.15, -0.1) is 0 Å². The molecule has 2 N–H and O–H groups in total. The number of benzene rings is 1. The highest BCUT2D eigenvalue weighted by Gasteiger charge is 2.06. The minimum absolute atomic E-state index is 0.179. The summed E-state index contributed by atoms with van der Waals surface area (Å²) < 4.78 is 18.0. The number of nitrogens with one attached hydrogen (secondary N) is 2. The fraction of sp³-hybridized carbons (Fsp3) is 0.286. The predicted octanol–water partition coefficient (Wildman–Crippen LogP) is 2.52. The van der Waals surface area contributed by atoms with Gasteiger partial charge in [0.1, 0.15) is 11.6 Å². The summed E-state index contributed by atoms with van der Waals surface area (Å²) in [4.78, 5) is 11.6. The Labute approximate surface area is 116 Å². The SMILES string of the molecule is CCc1cc(NC(=O)CCOc2ccc(F)cc2)n[nH]1. The van der Waals surface area contributed by atoms with Gasteiger partial charge in [-0.3, -0.25) is 9.89 Å². The lowest BCUT2D eigenvalue weighted by molar-refractivity contribution is -0.116. The number of hydrogen-bond acceptors (Lipinski definition) is 3. The molecule has 0 aliphatic heterocycles. The van der Waals surface area contributed by atoms with Gasteiger partial charge in [-0.05, 0) is 30.7 Å². The van der Waals surface area contributed by atoms with E-state index in [9.17, 15) is 9.18 Å². The van der Waals surface area contributed by atoms with Crippen LogP contribution in [0.5, 0.6) is 5.75 Å². The van der Waals surface area contributed by atoms with Crippen LogP contribution in [0.4, 0.5) is 10.2 Å². The van der Waals surface area contributed by atoms with Crippen LogP contribution in [0.2, 0.25) is 0 Å². The molecule has 0 spiro atoms. The number of aromatic nitrogens is 2. The highest BCUT2D eigenvalue weighted by molar-refractivity contribution is 5.89. The van der Waals surface area contributed by atoms with Crippen molar-refractivity contribution in [2.45, 2.75) is 19.8 Å². The minimum atomic E-state index is -0.319. The number of anilines is 1. The second kappa shape index (κ2) is 6.70. The maximum Gasteiger partial charge on any atom is 0.229 e. The average molecular weight is 277 g/mol. The van der Waals surface area contributed by atoms with Crippen molar-refractivity contribution in [1.29, 1.82) is 0 Å². The Balaban J connectivity index is 1.73. The van der Waals surface area contributed by atoms with E-state index in [0.717, 1.165) is 12.1 Å². The van der Waals surface area contributed by atoms with Gasteiger partial charge < -0.3 is 10.1 Å².